The van der Waals surface area contributed by atoms with Crippen LogP contribution in [0.4, 0.5) is 5.95 Å². The number of carbonyl (C=O) groups excluding carboxylic acids is 1. The summed E-state index contributed by atoms with van der Waals surface area (Å²) >= 11 is 3.37. The molecule has 0 radical (unpaired) electrons. The van der Waals surface area contributed by atoms with Gasteiger partial charge in [-0.15, -0.1) is 0 Å². The summed E-state index contributed by atoms with van der Waals surface area (Å²) in [6.45, 7) is 0.186. The number of nitrogens with zero attached hydrogens (tertiary/aromatic N) is 2. The lowest BCUT2D eigenvalue weighted by molar-refractivity contribution is -0.667. The maximum atomic E-state index is 12.5. The summed E-state index contributed by atoms with van der Waals surface area (Å²) in [6, 6.07) is 15.1. The van der Waals surface area contributed by atoms with E-state index < -0.39 is 0 Å². The highest BCUT2D eigenvalue weighted by atomic mass is 79.9. The van der Waals surface area contributed by atoms with Crippen molar-refractivity contribution >= 4 is 27.7 Å². The van der Waals surface area contributed by atoms with Crippen LogP contribution in [0.1, 0.15) is 10.4 Å². The second-order valence-electron chi connectivity index (χ2n) is 5.72. The highest BCUT2D eigenvalue weighted by Crippen LogP contribution is 2.24. The van der Waals surface area contributed by atoms with Gasteiger partial charge in [0.2, 0.25) is 0 Å². The van der Waals surface area contributed by atoms with E-state index in [0.29, 0.717) is 11.5 Å². The maximum absolute atomic E-state index is 12.5. The molecule has 0 aliphatic heterocycles. The van der Waals surface area contributed by atoms with Crippen molar-refractivity contribution in [2.24, 2.45) is 7.05 Å². The summed E-state index contributed by atoms with van der Waals surface area (Å²) in [5, 5.41) is 0. The van der Waals surface area contributed by atoms with Gasteiger partial charge in [0.1, 0.15) is 24.2 Å². The van der Waals surface area contributed by atoms with Gasteiger partial charge < -0.3 is 21.7 Å². The minimum absolute atomic E-state index is 0. The Kier molecular flexibility index (Phi) is 6.61. The van der Waals surface area contributed by atoms with Crippen molar-refractivity contribution in [3.8, 4) is 17.0 Å². The van der Waals surface area contributed by atoms with Crippen molar-refractivity contribution in [1.29, 1.82) is 0 Å². The van der Waals surface area contributed by atoms with Gasteiger partial charge in [-0.3, -0.25) is 10.5 Å². The number of Topliss-reactive ketones (excluding diaryl/α,β-unsaturated/α-hetero) is 1. The van der Waals surface area contributed by atoms with Crippen LogP contribution in [-0.2, 0) is 13.6 Å². The predicted octanol–water partition coefficient (Wildman–Crippen LogP) is 0.220. The number of hydrogen-bond donors (Lipinski definition) is 1. The quantitative estimate of drug-likeness (QED) is 0.419. The number of hydrogen-bond acceptors (Lipinski definition) is 3. The van der Waals surface area contributed by atoms with E-state index in [0.717, 1.165) is 21.5 Å². The molecule has 0 unspecified atom stereocenters. The zero-order chi connectivity index (χ0) is 18.0. The second-order valence-corrected chi connectivity index (χ2v) is 6.64. The molecule has 3 rings (SSSR count). The molecule has 0 atom stereocenters. The van der Waals surface area contributed by atoms with Crippen LogP contribution in [0.25, 0.3) is 11.3 Å². The molecule has 0 saturated heterocycles. The number of imidazole rings is 1. The number of methoxy groups -OCH3 is 1. The average Bonchev–Trinajstić information content (AvgIpc) is 2.90. The smallest absolute Gasteiger partial charge is 0.355 e. The Morgan fingerprint density at radius 3 is 2.58 bits per heavy atom. The van der Waals surface area contributed by atoms with Crippen LogP contribution < -0.4 is 32.0 Å². The summed E-state index contributed by atoms with van der Waals surface area (Å²) in [7, 11) is 3.51. The Morgan fingerprint density at radius 2 is 1.92 bits per heavy atom. The molecular weight excluding hydrogens is 462 g/mol. The van der Waals surface area contributed by atoms with E-state index in [-0.39, 0.29) is 29.3 Å². The van der Waals surface area contributed by atoms with Gasteiger partial charge in [0.15, 0.2) is 5.78 Å². The zero-order valence-corrected chi connectivity index (χ0v) is 17.6. The Balaban J connectivity index is 0.00000243. The number of ketones is 1. The first-order valence-electron chi connectivity index (χ1n) is 7.77. The van der Waals surface area contributed by atoms with Crippen molar-refractivity contribution in [3.05, 3.63) is 64.8 Å². The predicted molar refractivity (Wildman–Crippen MR) is 100 cm³/mol. The van der Waals surface area contributed by atoms with Crippen LogP contribution in [0.3, 0.4) is 0 Å². The minimum Gasteiger partial charge on any atom is -1.00 e. The summed E-state index contributed by atoms with van der Waals surface area (Å²) < 4.78 is 9.85. The van der Waals surface area contributed by atoms with Gasteiger partial charge in [-0.2, -0.15) is 0 Å². The molecule has 0 saturated carbocycles. The SMILES string of the molecule is COc1cccc(-c2c[n+](CC(=O)c3ccc(Br)cc3)c(N)n2C)c1.[Br-]. The van der Waals surface area contributed by atoms with Crippen molar-refractivity contribution in [2.45, 2.75) is 6.54 Å². The van der Waals surface area contributed by atoms with Crippen molar-refractivity contribution in [1.82, 2.24) is 4.57 Å². The normalized spacial score (nSPS) is 10.3. The van der Waals surface area contributed by atoms with Crippen LogP contribution in [0.15, 0.2) is 59.2 Å². The molecule has 0 bridgehead atoms. The molecule has 0 amide bonds. The largest absolute Gasteiger partial charge is 1.00 e. The van der Waals surface area contributed by atoms with Crippen LogP contribution in [-0.4, -0.2) is 17.5 Å². The number of ether oxygens (including phenoxy) is 1. The number of anilines is 1. The van der Waals surface area contributed by atoms with Gasteiger partial charge in [-0.25, -0.2) is 9.13 Å². The van der Waals surface area contributed by atoms with E-state index in [9.17, 15) is 4.79 Å². The average molecular weight is 481 g/mol. The van der Waals surface area contributed by atoms with Gasteiger partial charge in [-0.05, 0) is 24.3 Å². The molecule has 0 fully saturated rings. The second kappa shape index (κ2) is 8.51. The lowest BCUT2D eigenvalue weighted by atomic mass is 10.1. The number of nitrogens with two attached hydrogens (primary N) is 1. The lowest BCUT2D eigenvalue weighted by Crippen LogP contribution is -3.00. The third kappa shape index (κ3) is 4.16. The number of benzene rings is 2. The van der Waals surface area contributed by atoms with Gasteiger partial charge in [0, 0.05) is 15.6 Å². The summed E-state index contributed by atoms with van der Waals surface area (Å²) in [6.07, 6.45) is 1.89. The van der Waals surface area contributed by atoms with Crippen molar-refractivity contribution < 1.29 is 31.1 Å². The Bertz CT molecular complexity index is 921. The first kappa shape index (κ1) is 20.2. The molecule has 0 spiro atoms. The van der Waals surface area contributed by atoms with E-state index in [2.05, 4.69) is 15.9 Å². The number of aromatic nitrogens is 2. The molecule has 2 aromatic carbocycles. The molecule has 26 heavy (non-hydrogen) atoms. The molecule has 1 aromatic heterocycles. The fourth-order valence-electron chi connectivity index (χ4n) is 2.68. The molecule has 5 nitrogen and oxygen atoms in total. The Morgan fingerprint density at radius 1 is 1.23 bits per heavy atom. The molecule has 2 N–H and O–H groups in total. The van der Waals surface area contributed by atoms with Crippen LogP contribution in [0, 0.1) is 0 Å². The van der Waals surface area contributed by atoms with E-state index in [1.54, 1.807) is 23.8 Å². The fraction of sp³-hybridized carbons (Fsp3) is 0.158. The third-order valence-electron chi connectivity index (χ3n) is 4.12. The zero-order valence-electron chi connectivity index (χ0n) is 14.4. The standard InChI is InChI=1S/C19H18BrN3O2.BrH/c1-22-17(14-4-3-5-16(10-14)25-2)11-23(19(22)21)12-18(24)13-6-8-15(20)9-7-13;/h3-11,21H,12H2,1-2H3;1H. The highest BCUT2D eigenvalue weighted by molar-refractivity contribution is 9.10. The topological polar surface area (TPSA) is 61.1 Å². The van der Waals surface area contributed by atoms with E-state index in [4.69, 9.17) is 10.5 Å². The molecule has 1 heterocycles. The number of halogens is 2. The maximum Gasteiger partial charge on any atom is 0.355 e. The molecule has 7 heteroatoms. The van der Waals surface area contributed by atoms with Crippen molar-refractivity contribution in [2.75, 3.05) is 12.8 Å². The van der Waals surface area contributed by atoms with Gasteiger partial charge in [0.05, 0.1) is 14.2 Å². The highest BCUT2D eigenvalue weighted by Gasteiger charge is 2.20. The van der Waals surface area contributed by atoms with Gasteiger partial charge >= 0.3 is 5.95 Å². The number of carbonyl (C=O) groups is 1. The van der Waals surface area contributed by atoms with Crippen LogP contribution in [0.5, 0.6) is 5.75 Å². The molecule has 0 aliphatic carbocycles. The summed E-state index contributed by atoms with van der Waals surface area (Å²) in [5.41, 5.74) is 8.74. The summed E-state index contributed by atoms with van der Waals surface area (Å²) in [4.78, 5) is 12.5. The first-order valence-corrected chi connectivity index (χ1v) is 8.56. The molecular formula is C19H19Br2N3O2. The monoisotopic (exact) mass is 479 g/mol. The molecule has 0 aliphatic rings. The lowest BCUT2D eigenvalue weighted by Gasteiger charge is -2.02. The van der Waals surface area contributed by atoms with Crippen molar-refractivity contribution in [3.63, 3.8) is 0 Å². The third-order valence-corrected chi connectivity index (χ3v) is 4.65. The fourth-order valence-corrected chi connectivity index (χ4v) is 2.94. The van der Waals surface area contributed by atoms with E-state index >= 15 is 0 Å². The van der Waals surface area contributed by atoms with Crippen LogP contribution >= 0.6 is 15.9 Å². The van der Waals surface area contributed by atoms with Gasteiger partial charge in [0.25, 0.3) is 0 Å². The number of nitrogen functional groups attached to an aromatic ring is 1. The molecule has 3 aromatic rings. The Hall–Kier alpha value is -2.12. The van der Waals surface area contributed by atoms with Crippen LogP contribution in [0.2, 0.25) is 0 Å². The number of rotatable bonds is 5. The Labute approximate surface area is 171 Å². The summed E-state index contributed by atoms with van der Waals surface area (Å²) in [5.74, 6) is 1.30. The molecule has 136 valence electrons. The van der Waals surface area contributed by atoms with E-state index in [1.807, 2.05) is 54.2 Å². The minimum atomic E-state index is 0. The van der Waals surface area contributed by atoms with Gasteiger partial charge in [-0.1, -0.05) is 40.2 Å². The first-order chi connectivity index (χ1) is 12.0. The van der Waals surface area contributed by atoms with E-state index in [1.165, 1.54) is 0 Å².